The lowest BCUT2D eigenvalue weighted by atomic mass is 10.0. The Labute approximate surface area is 149 Å². The van der Waals surface area contributed by atoms with Crippen molar-refractivity contribution in [3.05, 3.63) is 54.1 Å². The second-order valence-electron chi connectivity index (χ2n) is 5.98. The molecule has 0 amide bonds. The van der Waals surface area contributed by atoms with Gasteiger partial charge in [0.15, 0.2) is 17.0 Å². The van der Waals surface area contributed by atoms with Crippen molar-refractivity contribution in [2.75, 3.05) is 11.5 Å². The second-order valence-corrected chi connectivity index (χ2v) is 5.98. The van der Waals surface area contributed by atoms with Crippen LogP contribution in [0.4, 0.5) is 11.8 Å². The normalized spacial score (nSPS) is 11.0. The standard InChI is InChI=1S/C19H16N6O/c1-10-4-2-5-11(8-10)14-15(12-6-3-7-13(26)9-12)23-18-16(22-14)17(20)24-19(21)25-18/h2-9,26H,1H3,(H4,20,21,23,24,25). The summed E-state index contributed by atoms with van der Waals surface area (Å²) in [6, 6.07) is 14.7. The second kappa shape index (κ2) is 5.96. The van der Waals surface area contributed by atoms with E-state index in [-0.39, 0.29) is 17.5 Å². The van der Waals surface area contributed by atoms with Gasteiger partial charge in [-0.1, -0.05) is 35.9 Å². The number of benzene rings is 2. The maximum Gasteiger partial charge on any atom is 0.224 e. The Hall–Kier alpha value is -3.74. The molecule has 0 aliphatic rings. The number of nitrogens with two attached hydrogens (primary N) is 2. The first-order chi connectivity index (χ1) is 12.5. The minimum Gasteiger partial charge on any atom is -0.508 e. The third-order valence-electron chi connectivity index (χ3n) is 3.99. The van der Waals surface area contributed by atoms with E-state index < -0.39 is 0 Å². The van der Waals surface area contributed by atoms with Gasteiger partial charge in [-0.25, -0.2) is 9.97 Å². The number of anilines is 2. The van der Waals surface area contributed by atoms with Crippen LogP contribution in [-0.2, 0) is 0 Å². The molecule has 0 fully saturated rings. The number of aromatic hydroxyl groups is 1. The van der Waals surface area contributed by atoms with Crippen LogP contribution in [0.3, 0.4) is 0 Å². The molecule has 0 spiro atoms. The first kappa shape index (κ1) is 15.8. The van der Waals surface area contributed by atoms with Crippen LogP contribution in [-0.4, -0.2) is 25.0 Å². The molecule has 0 aliphatic heterocycles. The molecule has 2 heterocycles. The summed E-state index contributed by atoms with van der Waals surface area (Å²) in [6.07, 6.45) is 0. The van der Waals surface area contributed by atoms with E-state index in [1.54, 1.807) is 18.2 Å². The van der Waals surface area contributed by atoms with Crippen molar-refractivity contribution in [3.63, 3.8) is 0 Å². The number of nitrogen functional groups attached to an aromatic ring is 2. The molecular formula is C19H16N6O. The smallest absolute Gasteiger partial charge is 0.224 e. The zero-order valence-electron chi connectivity index (χ0n) is 14.0. The number of aryl methyl sites for hydroxylation is 1. The SMILES string of the molecule is Cc1cccc(-c2nc3c(N)nc(N)nc3nc2-c2cccc(O)c2)c1. The molecule has 4 aromatic rings. The molecule has 7 heteroatoms. The highest BCUT2D eigenvalue weighted by atomic mass is 16.3. The Bertz CT molecular complexity index is 1140. The first-order valence-electron chi connectivity index (χ1n) is 7.98. The van der Waals surface area contributed by atoms with E-state index >= 15 is 0 Å². The van der Waals surface area contributed by atoms with Gasteiger partial charge in [-0.2, -0.15) is 9.97 Å². The number of phenolic OH excluding ortho intramolecular Hbond substituents is 1. The van der Waals surface area contributed by atoms with Gasteiger partial charge >= 0.3 is 0 Å². The van der Waals surface area contributed by atoms with Crippen LogP contribution in [0.15, 0.2) is 48.5 Å². The fourth-order valence-corrected chi connectivity index (χ4v) is 2.83. The number of hydrogen-bond acceptors (Lipinski definition) is 7. The number of phenols is 1. The minimum absolute atomic E-state index is 0.0365. The van der Waals surface area contributed by atoms with Crippen molar-refractivity contribution < 1.29 is 5.11 Å². The topological polar surface area (TPSA) is 124 Å². The Morgan fingerprint density at radius 2 is 1.50 bits per heavy atom. The van der Waals surface area contributed by atoms with E-state index in [4.69, 9.17) is 11.5 Å². The number of rotatable bonds is 2. The average molecular weight is 344 g/mol. The molecule has 0 bridgehead atoms. The van der Waals surface area contributed by atoms with Crippen LogP contribution in [0.2, 0.25) is 0 Å². The van der Waals surface area contributed by atoms with Crippen LogP contribution < -0.4 is 11.5 Å². The lowest BCUT2D eigenvalue weighted by Gasteiger charge is -2.12. The third kappa shape index (κ3) is 2.75. The molecule has 0 saturated heterocycles. The van der Waals surface area contributed by atoms with Crippen LogP contribution >= 0.6 is 0 Å². The molecule has 0 unspecified atom stereocenters. The third-order valence-corrected chi connectivity index (χ3v) is 3.99. The van der Waals surface area contributed by atoms with Crippen molar-refractivity contribution in [1.29, 1.82) is 0 Å². The summed E-state index contributed by atoms with van der Waals surface area (Å²) >= 11 is 0. The Kier molecular flexibility index (Phi) is 3.62. The molecule has 0 radical (unpaired) electrons. The molecule has 0 atom stereocenters. The number of hydrogen-bond donors (Lipinski definition) is 3. The van der Waals surface area contributed by atoms with Crippen molar-refractivity contribution in [2.45, 2.75) is 6.92 Å². The summed E-state index contributed by atoms with van der Waals surface area (Å²) in [4.78, 5) is 17.4. The fraction of sp³-hybridized carbons (Fsp3) is 0.0526. The molecule has 4 rings (SSSR count). The van der Waals surface area contributed by atoms with Crippen LogP contribution in [0.5, 0.6) is 5.75 Å². The van der Waals surface area contributed by atoms with E-state index in [1.807, 2.05) is 37.3 Å². The van der Waals surface area contributed by atoms with Gasteiger partial charge in [-0.3, -0.25) is 0 Å². The molecule has 2 aromatic heterocycles. The zero-order valence-corrected chi connectivity index (χ0v) is 14.0. The number of fused-ring (bicyclic) bond motifs is 1. The van der Waals surface area contributed by atoms with E-state index in [2.05, 4.69) is 19.9 Å². The van der Waals surface area contributed by atoms with Crippen LogP contribution in [0.1, 0.15) is 5.56 Å². The van der Waals surface area contributed by atoms with E-state index in [0.29, 0.717) is 28.1 Å². The summed E-state index contributed by atoms with van der Waals surface area (Å²) in [5, 5.41) is 9.87. The van der Waals surface area contributed by atoms with Crippen molar-refractivity contribution in [1.82, 2.24) is 19.9 Å². The van der Waals surface area contributed by atoms with Crippen molar-refractivity contribution in [3.8, 4) is 28.3 Å². The van der Waals surface area contributed by atoms with Gasteiger partial charge in [0.25, 0.3) is 0 Å². The van der Waals surface area contributed by atoms with Gasteiger partial charge < -0.3 is 16.6 Å². The van der Waals surface area contributed by atoms with Gasteiger partial charge in [0.05, 0.1) is 11.4 Å². The molecule has 2 aromatic carbocycles. The van der Waals surface area contributed by atoms with Gasteiger partial charge in [0.2, 0.25) is 5.95 Å². The average Bonchev–Trinajstić information content (AvgIpc) is 2.60. The highest BCUT2D eigenvalue weighted by Gasteiger charge is 2.16. The van der Waals surface area contributed by atoms with Crippen molar-refractivity contribution >= 4 is 22.9 Å². The molecule has 26 heavy (non-hydrogen) atoms. The molecule has 7 nitrogen and oxygen atoms in total. The van der Waals surface area contributed by atoms with Gasteiger partial charge in [0, 0.05) is 11.1 Å². The summed E-state index contributed by atoms with van der Waals surface area (Å²) < 4.78 is 0. The van der Waals surface area contributed by atoms with Gasteiger partial charge in [-0.15, -0.1) is 0 Å². The summed E-state index contributed by atoms with van der Waals surface area (Å²) in [5.41, 5.74) is 16.3. The maximum absolute atomic E-state index is 9.87. The minimum atomic E-state index is 0.0365. The lowest BCUT2D eigenvalue weighted by Crippen LogP contribution is -2.05. The first-order valence-corrected chi connectivity index (χ1v) is 7.98. The monoisotopic (exact) mass is 344 g/mol. The maximum atomic E-state index is 9.87. The van der Waals surface area contributed by atoms with E-state index in [0.717, 1.165) is 11.1 Å². The Morgan fingerprint density at radius 1 is 0.808 bits per heavy atom. The van der Waals surface area contributed by atoms with Gasteiger partial charge in [-0.05, 0) is 25.1 Å². The molecule has 128 valence electrons. The van der Waals surface area contributed by atoms with E-state index in [1.165, 1.54) is 0 Å². The van der Waals surface area contributed by atoms with E-state index in [9.17, 15) is 5.11 Å². The van der Waals surface area contributed by atoms with Crippen LogP contribution in [0.25, 0.3) is 33.7 Å². The number of aromatic nitrogens is 4. The molecule has 0 saturated carbocycles. The Morgan fingerprint density at radius 3 is 2.23 bits per heavy atom. The Balaban J connectivity index is 2.08. The molecular weight excluding hydrogens is 328 g/mol. The quantitative estimate of drug-likeness (QED) is 0.510. The van der Waals surface area contributed by atoms with Crippen molar-refractivity contribution in [2.24, 2.45) is 0 Å². The molecule has 0 aliphatic carbocycles. The summed E-state index contributed by atoms with van der Waals surface area (Å²) in [5.74, 6) is 0.354. The largest absolute Gasteiger partial charge is 0.508 e. The number of nitrogens with zero attached hydrogens (tertiary/aromatic N) is 4. The predicted octanol–water partition coefficient (Wildman–Crippen LogP) is 2.93. The lowest BCUT2D eigenvalue weighted by molar-refractivity contribution is 0.475. The zero-order chi connectivity index (χ0) is 18.3. The van der Waals surface area contributed by atoms with Gasteiger partial charge in [0.1, 0.15) is 5.75 Å². The highest BCUT2D eigenvalue weighted by Crippen LogP contribution is 2.33. The highest BCUT2D eigenvalue weighted by molar-refractivity contribution is 5.89. The summed E-state index contributed by atoms with van der Waals surface area (Å²) in [6.45, 7) is 2.00. The van der Waals surface area contributed by atoms with Crippen LogP contribution in [0, 0.1) is 6.92 Å². The predicted molar refractivity (Wildman–Crippen MR) is 101 cm³/mol. The molecule has 5 N–H and O–H groups in total. The fourth-order valence-electron chi connectivity index (χ4n) is 2.83. The summed E-state index contributed by atoms with van der Waals surface area (Å²) in [7, 11) is 0.